The van der Waals surface area contributed by atoms with Crippen LogP contribution in [0.15, 0.2) is 30.3 Å². The molecule has 1 N–H and O–H groups in total. The molecule has 0 radical (unpaired) electrons. The lowest BCUT2D eigenvalue weighted by atomic mass is 9.99. The van der Waals surface area contributed by atoms with Crippen molar-refractivity contribution in [3.63, 3.8) is 0 Å². The molecule has 0 spiro atoms. The fraction of sp³-hybridized carbons (Fsp3) is 0.421. The minimum absolute atomic E-state index is 0.0895. The van der Waals surface area contributed by atoms with Gasteiger partial charge in [0, 0.05) is 6.08 Å². The van der Waals surface area contributed by atoms with Crippen LogP contribution in [0.3, 0.4) is 0 Å². The molecule has 0 aliphatic rings. The van der Waals surface area contributed by atoms with Crippen LogP contribution in [0.1, 0.15) is 31.4 Å². The highest BCUT2D eigenvalue weighted by atomic mass is 16.5. The van der Waals surface area contributed by atoms with E-state index in [1.54, 1.807) is 6.08 Å². The van der Waals surface area contributed by atoms with Crippen molar-refractivity contribution in [2.75, 3.05) is 13.7 Å². The third-order valence-corrected chi connectivity index (χ3v) is 3.78. The van der Waals surface area contributed by atoms with E-state index < -0.39 is 30.5 Å². The van der Waals surface area contributed by atoms with Gasteiger partial charge in [-0.15, -0.1) is 0 Å². The predicted molar refractivity (Wildman–Crippen MR) is 94.6 cm³/mol. The van der Waals surface area contributed by atoms with E-state index in [4.69, 9.17) is 4.74 Å². The van der Waals surface area contributed by atoms with Crippen molar-refractivity contribution < 1.29 is 23.9 Å². The van der Waals surface area contributed by atoms with Gasteiger partial charge < -0.3 is 14.8 Å². The Labute approximate surface area is 148 Å². The van der Waals surface area contributed by atoms with E-state index >= 15 is 0 Å². The van der Waals surface area contributed by atoms with Crippen LogP contribution < -0.4 is 5.32 Å². The molecule has 1 rings (SSSR count). The Morgan fingerprint density at radius 3 is 2.60 bits per heavy atom. The maximum absolute atomic E-state index is 11.9. The maximum Gasteiger partial charge on any atom is 0.331 e. The number of carbonyl (C=O) groups is 3. The number of benzene rings is 1. The van der Waals surface area contributed by atoms with Crippen molar-refractivity contribution in [2.24, 2.45) is 5.92 Å². The largest absolute Gasteiger partial charge is 0.467 e. The Morgan fingerprint density at radius 1 is 1.28 bits per heavy atom. The number of amides is 1. The summed E-state index contributed by atoms with van der Waals surface area (Å²) >= 11 is 0. The summed E-state index contributed by atoms with van der Waals surface area (Å²) in [6.45, 7) is 5.23. The van der Waals surface area contributed by atoms with Crippen LogP contribution in [0.2, 0.25) is 0 Å². The van der Waals surface area contributed by atoms with Gasteiger partial charge in [0.15, 0.2) is 6.61 Å². The van der Waals surface area contributed by atoms with E-state index in [0.717, 1.165) is 11.1 Å². The topological polar surface area (TPSA) is 81.7 Å². The van der Waals surface area contributed by atoms with Crippen molar-refractivity contribution in [3.8, 4) is 0 Å². The van der Waals surface area contributed by atoms with Gasteiger partial charge in [-0.05, 0) is 24.5 Å². The van der Waals surface area contributed by atoms with Crippen molar-refractivity contribution in [3.05, 3.63) is 41.5 Å². The highest BCUT2D eigenvalue weighted by Crippen LogP contribution is 2.09. The molecule has 0 saturated heterocycles. The molecule has 1 aromatic carbocycles. The first-order valence-electron chi connectivity index (χ1n) is 8.16. The zero-order chi connectivity index (χ0) is 18.8. The van der Waals surface area contributed by atoms with Crippen LogP contribution in [0.25, 0.3) is 6.08 Å². The molecule has 0 saturated carbocycles. The van der Waals surface area contributed by atoms with Crippen LogP contribution in [0.5, 0.6) is 0 Å². The number of rotatable bonds is 8. The summed E-state index contributed by atoms with van der Waals surface area (Å²) in [5, 5.41) is 2.54. The highest BCUT2D eigenvalue weighted by molar-refractivity contribution is 5.90. The molecule has 6 nitrogen and oxygen atoms in total. The van der Waals surface area contributed by atoms with E-state index in [1.807, 2.05) is 45.0 Å². The summed E-state index contributed by atoms with van der Waals surface area (Å²) in [4.78, 5) is 35.3. The second-order valence-corrected chi connectivity index (χ2v) is 5.81. The number of ether oxygens (including phenoxy) is 2. The minimum atomic E-state index is -0.760. The summed E-state index contributed by atoms with van der Waals surface area (Å²) < 4.78 is 9.58. The highest BCUT2D eigenvalue weighted by Gasteiger charge is 2.26. The molecular formula is C19H25NO5. The van der Waals surface area contributed by atoms with Gasteiger partial charge in [-0.1, -0.05) is 50.1 Å². The number of nitrogens with one attached hydrogen (secondary N) is 1. The van der Waals surface area contributed by atoms with Crippen LogP contribution in [-0.4, -0.2) is 37.6 Å². The van der Waals surface area contributed by atoms with Crippen molar-refractivity contribution in [2.45, 2.75) is 33.2 Å². The average Bonchev–Trinajstić information content (AvgIpc) is 2.61. The summed E-state index contributed by atoms with van der Waals surface area (Å²) in [5.74, 6) is -1.79. The lowest BCUT2D eigenvalue weighted by molar-refractivity contribution is -0.148. The van der Waals surface area contributed by atoms with Crippen LogP contribution in [0, 0.1) is 12.8 Å². The van der Waals surface area contributed by atoms with Gasteiger partial charge in [0.2, 0.25) is 0 Å². The molecule has 1 amide bonds. The smallest absolute Gasteiger partial charge is 0.331 e. The molecular weight excluding hydrogens is 322 g/mol. The molecule has 0 heterocycles. The van der Waals surface area contributed by atoms with Gasteiger partial charge in [0.1, 0.15) is 6.04 Å². The number of aryl methyl sites for hydroxylation is 1. The molecule has 6 heteroatoms. The second-order valence-electron chi connectivity index (χ2n) is 5.81. The first-order valence-corrected chi connectivity index (χ1v) is 8.16. The normalized spacial score (nSPS) is 13.1. The van der Waals surface area contributed by atoms with E-state index in [-0.39, 0.29) is 5.92 Å². The zero-order valence-electron chi connectivity index (χ0n) is 15.1. The Bertz CT molecular complexity index is 638. The standard InChI is InChI=1S/C19H25NO5/c1-5-14(3)18(19(23)24-4)20-16(21)12-25-17(22)10-9-15-8-6-7-13(2)11-15/h6-11,14,18H,5,12H2,1-4H3,(H,20,21)/b10-9+/t14-,18-/m0/s1. The average molecular weight is 347 g/mol. The molecule has 0 fully saturated rings. The van der Waals surface area contributed by atoms with Gasteiger partial charge in [-0.2, -0.15) is 0 Å². The lowest BCUT2D eigenvalue weighted by Crippen LogP contribution is -2.47. The third-order valence-electron chi connectivity index (χ3n) is 3.78. The Balaban J connectivity index is 2.51. The monoisotopic (exact) mass is 347 g/mol. The molecule has 2 atom stereocenters. The third kappa shape index (κ3) is 7.20. The summed E-state index contributed by atoms with van der Waals surface area (Å²) in [6.07, 6.45) is 3.57. The zero-order valence-corrected chi connectivity index (χ0v) is 15.1. The molecule has 0 aliphatic carbocycles. The van der Waals surface area contributed by atoms with Gasteiger partial charge >= 0.3 is 11.9 Å². The quantitative estimate of drug-likeness (QED) is 0.576. The first-order chi connectivity index (χ1) is 11.9. The molecule has 25 heavy (non-hydrogen) atoms. The maximum atomic E-state index is 11.9. The molecule has 136 valence electrons. The van der Waals surface area contributed by atoms with Crippen LogP contribution in [0.4, 0.5) is 0 Å². The summed E-state index contributed by atoms with van der Waals surface area (Å²) in [7, 11) is 1.26. The van der Waals surface area contributed by atoms with Crippen LogP contribution in [-0.2, 0) is 23.9 Å². The summed E-state index contributed by atoms with van der Waals surface area (Å²) in [5.41, 5.74) is 1.94. The molecule has 0 aliphatic heterocycles. The van der Waals surface area contributed by atoms with E-state index in [0.29, 0.717) is 6.42 Å². The SMILES string of the molecule is CC[C@H](C)[C@H](NC(=O)COC(=O)/C=C/c1cccc(C)c1)C(=O)OC. The van der Waals surface area contributed by atoms with Crippen molar-refractivity contribution in [1.29, 1.82) is 0 Å². The Hall–Kier alpha value is -2.63. The Kier molecular flexibility index (Phi) is 8.39. The molecule has 0 bridgehead atoms. The molecule has 0 aromatic heterocycles. The fourth-order valence-corrected chi connectivity index (χ4v) is 2.13. The number of hydrogen-bond donors (Lipinski definition) is 1. The Morgan fingerprint density at radius 2 is 2.00 bits per heavy atom. The van der Waals surface area contributed by atoms with Gasteiger partial charge in [-0.25, -0.2) is 9.59 Å². The van der Waals surface area contributed by atoms with Gasteiger partial charge in [0.25, 0.3) is 5.91 Å². The number of methoxy groups -OCH3 is 1. The summed E-state index contributed by atoms with van der Waals surface area (Å²) in [6, 6.07) is 6.86. The van der Waals surface area contributed by atoms with Crippen LogP contribution >= 0.6 is 0 Å². The van der Waals surface area contributed by atoms with E-state index in [2.05, 4.69) is 10.1 Å². The van der Waals surface area contributed by atoms with Crippen molar-refractivity contribution in [1.82, 2.24) is 5.32 Å². The minimum Gasteiger partial charge on any atom is -0.467 e. The predicted octanol–water partition coefficient (Wildman–Crippen LogP) is 2.26. The lowest BCUT2D eigenvalue weighted by Gasteiger charge is -2.21. The van der Waals surface area contributed by atoms with Crippen molar-refractivity contribution >= 4 is 23.9 Å². The first kappa shape index (κ1) is 20.4. The number of esters is 2. The fourth-order valence-electron chi connectivity index (χ4n) is 2.13. The second kappa shape index (κ2) is 10.3. The van der Waals surface area contributed by atoms with Gasteiger partial charge in [-0.3, -0.25) is 4.79 Å². The van der Waals surface area contributed by atoms with E-state index in [1.165, 1.54) is 13.2 Å². The molecule has 0 unspecified atom stereocenters. The van der Waals surface area contributed by atoms with E-state index in [9.17, 15) is 14.4 Å². The number of carbonyl (C=O) groups excluding carboxylic acids is 3. The molecule has 1 aromatic rings. The van der Waals surface area contributed by atoms with Gasteiger partial charge in [0.05, 0.1) is 7.11 Å². The number of hydrogen-bond acceptors (Lipinski definition) is 5.